The fourth-order valence-corrected chi connectivity index (χ4v) is 4.80. The molecule has 0 saturated heterocycles. The van der Waals surface area contributed by atoms with Crippen LogP contribution in [0.25, 0.3) is 32.2 Å². The Labute approximate surface area is 173 Å². The van der Waals surface area contributed by atoms with Crippen LogP contribution in [0, 0.1) is 0 Å². The van der Waals surface area contributed by atoms with E-state index >= 15 is 0 Å². The van der Waals surface area contributed by atoms with Gasteiger partial charge in [0.05, 0.1) is 17.0 Å². The quantitative estimate of drug-likeness (QED) is 0.297. The fourth-order valence-electron chi connectivity index (χ4n) is 2.75. The van der Waals surface area contributed by atoms with Gasteiger partial charge in [-0.25, -0.2) is 4.98 Å². The molecule has 28 heavy (non-hydrogen) atoms. The molecule has 0 unspecified atom stereocenters. The zero-order chi connectivity index (χ0) is 18.9. The number of rotatable bonds is 5. The van der Waals surface area contributed by atoms with Gasteiger partial charge < -0.3 is 8.83 Å². The third-order valence-electron chi connectivity index (χ3n) is 4.07. The summed E-state index contributed by atoms with van der Waals surface area (Å²) in [6.07, 6.45) is 1.72. The van der Waals surface area contributed by atoms with Gasteiger partial charge in [-0.05, 0) is 6.07 Å². The first kappa shape index (κ1) is 17.5. The van der Waals surface area contributed by atoms with Crippen molar-refractivity contribution in [2.45, 2.75) is 11.0 Å². The van der Waals surface area contributed by atoms with Gasteiger partial charge in [0.1, 0.15) is 4.88 Å². The van der Waals surface area contributed by atoms with E-state index in [1.54, 1.807) is 6.20 Å². The molecule has 3 aromatic heterocycles. The standard InChI is InChI=1S/C20H12ClN3O2S2/c21-17-13-8-4-5-9-15(13)28-18(17)19-23-24-20(26-19)27-11-16-22-10-14(25-16)12-6-2-1-3-7-12/h1-10H,11H2. The molecule has 0 atom stereocenters. The van der Waals surface area contributed by atoms with E-state index in [0.29, 0.717) is 27.8 Å². The minimum atomic E-state index is 0.422. The van der Waals surface area contributed by atoms with Crippen molar-refractivity contribution in [3.8, 4) is 22.1 Å². The topological polar surface area (TPSA) is 65.0 Å². The first-order chi connectivity index (χ1) is 13.8. The molecule has 2 aromatic carbocycles. The number of thiophene rings is 1. The Morgan fingerprint density at radius 1 is 0.964 bits per heavy atom. The number of hydrogen-bond acceptors (Lipinski definition) is 7. The summed E-state index contributed by atoms with van der Waals surface area (Å²) in [5.41, 5.74) is 0.991. The SMILES string of the molecule is Clc1c(-c2nnc(SCc3ncc(-c4ccccc4)o3)o2)sc2ccccc12. The van der Waals surface area contributed by atoms with Crippen LogP contribution in [-0.4, -0.2) is 15.2 Å². The molecule has 0 aliphatic heterocycles. The van der Waals surface area contributed by atoms with Crippen molar-refractivity contribution in [1.29, 1.82) is 0 Å². The second-order valence-electron chi connectivity index (χ2n) is 5.89. The Hall–Kier alpha value is -2.61. The summed E-state index contributed by atoms with van der Waals surface area (Å²) in [6, 6.07) is 17.8. The summed E-state index contributed by atoms with van der Waals surface area (Å²) in [7, 11) is 0. The number of aromatic nitrogens is 3. The minimum Gasteiger partial charge on any atom is -0.440 e. The summed E-state index contributed by atoms with van der Waals surface area (Å²) in [4.78, 5) is 5.10. The molecule has 0 aliphatic rings. The summed E-state index contributed by atoms with van der Waals surface area (Å²) in [5.74, 6) is 2.25. The summed E-state index contributed by atoms with van der Waals surface area (Å²) < 4.78 is 12.7. The molecule has 0 saturated carbocycles. The highest BCUT2D eigenvalue weighted by Gasteiger charge is 2.18. The smallest absolute Gasteiger partial charge is 0.277 e. The minimum absolute atomic E-state index is 0.422. The second-order valence-corrected chi connectivity index (χ2v) is 8.24. The lowest BCUT2D eigenvalue weighted by atomic mass is 10.2. The van der Waals surface area contributed by atoms with E-state index in [4.69, 9.17) is 20.4 Å². The molecule has 8 heteroatoms. The van der Waals surface area contributed by atoms with Gasteiger partial charge in [-0.2, -0.15) is 0 Å². The Morgan fingerprint density at radius 2 is 1.79 bits per heavy atom. The average molecular weight is 426 g/mol. The van der Waals surface area contributed by atoms with E-state index in [1.807, 2.05) is 54.6 Å². The maximum atomic E-state index is 6.49. The number of benzene rings is 2. The zero-order valence-electron chi connectivity index (χ0n) is 14.3. The first-order valence-corrected chi connectivity index (χ1v) is 10.6. The summed E-state index contributed by atoms with van der Waals surface area (Å²) >= 11 is 9.40. The molecule has 5 rings (SSSR count). The molecular weight excluding hydrogens is 414 g/mol. The van der Waals surface area contributed by atoms with Crippen LogP contribution in [0.5, 0.6) is 0 Å². The van der Waals surface area contributed by atoms with Gasteiger partial charge >= 0.3 is 0 Å². The van der Waals surface area contributed by atoms with E-state index in [-0.39, 0.29) is 0 Å². The normalized spacial score (nSPS) is 11.3. The fraction of sp³-hybridized carbons (Fsp3) is 0.0500. The Kier molecular flexibility index (Phi) is 4.64. The van der Waals surface area contributed by atoms with Gasteiger partial charge in [0.25, 0.3) is 11.1 Å². The number of thioether (sulfide) groups is 1. The largest absolute Gasteiger partial charge is 0.440 e. The van der Waals surface area contributed by atoms with Crippen molar-refractivity contribution in [2.24, 2.45) is 0 Å². The number of oxazole rings is 1. The lowest BCUT2D eigenvalue weighted by Crippen LogP contribution is -1.79. The van der Waals surface area contributed by atoms with Crippen molar-refractivity contribution in [3.63, 3.8) is 0 Å². The van der Waals surface area contributed by atoms with Gasteiger partial charge in [0, 0.05) is 15.6 Å². The molecule has 0 aliphatic carbocycles. The van der Waals surface area contributed by atoms with Crippen molar-refractivity contribution in [3.05, 3.63) is 71.7 Å². The van der Waals surface area contributed by atoms with E-state index in [9.17, 15) is 0 Å². The molecule has 138 valence electrons. The highest BCUT2D eigenvalue weighted by Crippen LogP contribution is 2.41. The summed E-state index contributed by atoms with van der Waals surface area (Å²) in [6.45, 7) is 0. The van der Waals surface area contributed by atoms with Crippen LogP contribution in [0.2, 0.25) is 5.02 Å². The van der Waals surface area contributed by atoms with Crippen LogP contribution < -0.4 is 0 Å². The molecule has 5 aromatic rings. The van der Waals surface area contributed by atoms with Crippen molar-refractivity contribution in [2.75, 3.05) is 0 Å². The molecule has 5 nitrogen and oxygen atoms in total. The zero-order valence-corrected chi connectivity index (χ0v) is 16.7. The predicted molar refractivity (Wildman–Crippen MR) is 112 cm³/mol. The molecule has 0 radical (unpaired) electrons. The number of nitrogens with zero attached hydrogens (tertiary/aromatic N) is 3. The maximum absolute atomic E-state index is 6.49. The third-order valence-corrected chi connectivity index (χ3v) is 6.53. The lowest BCUT2D eigenvalue weighted by Gasteiger charge is -1.94. The van der Waals surface area contributed by atoms with Gasteiger partial charge in [-0.15, -0.1) is 21.5 Å². The van der Waals surface area contributed by atoms with Gasteiger partial charge in [0.15, 0.2) is 5.76 Å². The highest BCUT2D eigenvalue weighted by molar-refractivity contribution is 7.98. The van der Waals surface area contributed by atoms with E-state index in [2.05, 4.69) is 15.2 Å². The lowest BCUT2D eigenvalue weighted by molar-refractivity contribution is 0.465. The van der Waals surface area contributed by atoms with E-state index in [1.165, 1.54) is 23.1 Å². The Bertz CT molecular complexity index is 1250. The van der Waals surface area contributed by atoms with Crippen LogP contribution in [0.3, 0.4) is 0 Å². The molecule has 0 N–H and O–H groups in total. The molecule has 0 amide bonds. The van der Waals surface area contributed by atoms with Crippen molar-refractivity contribution >= 4 is 44.8 Å². The average Bonchev–Trinajstić information content (AvgIpc) is 3.46. The van der Waals surface area contributed by atoms with Crippen LogP contribution in [0.15, 0.2) is 74.9 Å². The van der Waals surface area contributed by atoms with E-state index in [0.717, 1.165) is 26.3 Å². The van der Waals surface area contributed by atoms with Crippen molar-refractivity contribution in [1.82, 2.24) is 15.2 Å². The van der Waals surface area contributed by atoms with Crippen LogP contribution in [0.1, 0.15) is 5.89 Å². The molecule has 0 fully saturated rings. The second kappa shape index (κ2) is 7.43. The predicted octanol–water partition coefficient (Wildman–Crippen LogP) is 6.55. The monoisotopic (exact) mass is 425 g/mol. The summed E-state index contributed by atoms with van der Waals surface area (Å²) in [5, 5.41) is 10.3. The first-order valence-electron chi connectivity index (χ1n) is 8.42. The molecule has 0 spiro atoms. The molecule has 3 heterocycles. The van der Waals surface area contributed by atoms with Gasteiger partial charge in [-0.3, -0.25) is 0 Å². The van der Waals surface area contributed by atoms with Crippen LogP contribution >= 0.6 is 34.7 Å². The maximum Gasteiger partial charge on any atom is 0.277 e. The van der Waals surface area contributed by atoms with Gasteiger partial charge in [-0.1, -0.05) is 71.9 Å². The number of fused-ring (bicyclic) bond motifs is 1. The van der Waals surface area contributed by atoms with Gasteiger partial charge in [0.2, 0.25) is 5.89 Å². The molecular formula is C20H12ClN3O2S2. The molecule has 0 bridgehead atoms. The number of halogens is 1. The Morgan fingerprint density at radius 3 is 2.64 bits per heavy atom. The van der Waals surface area contributed by atoms with Crippen LogP contribution in [0.4, 0.5) is 0 Å². The Balaban J connectivity index is 1.32. The third kappa shape index (κ3) is 3.32. The van der Waals surface area contributed by atoms with E-state index < -0.39 is 0 Å². The van der Waals surface area contributed by atoms with Crippen LogP contribution in [-0.2, 0) is 5.75 Å². The number of hydrogen-bond donors (Lipinski definition) is 0. The highest BCUT2D eigenvalue weighted by atomic mass is 35.5. The van der Waals surface area contributed by atoms with Crippen molar-refractivity contribution < 1.29 is 8.83 Å².